The van der Waals surface area contributed by atoms with Gasteiger partial charge in [-0.15, -0.1) is 0 Å². The summed E-state index contributed by atoms with van der Waals surface area (Å²) in [4.78, 5) is 26.5. The van der Waals surface area contributed by atoms with E-state index >= 15 is 0 Å². The van der Waals surface area contributed by atoms with Gasteiger partial charge >= 0.3 is 12.2 Å². The maximum atomic E-state index is 13.3. The van der Waals surface area contributed by atoms with E-state index in [2.05, 4.69) is 10.6 Å². The molecule has 312 valence electrons. The Balaban J connectivity index is 0.758. The summed E-state index contributed by atoms with van der Waals surface area (Å²) in [7, 11) is 0. The van der Waals surface area contributed by atoms with Crippen molar-refractivity contribution in [3.05, 3.63) is 0 Å². The van der Waals surface area contributed by atoms with Gasteiger partial charge in [0.1, 0.15) is 24.4 Å². The van der Waals surface area contributed by atoms with Crippen LogP contribution in [0.2, 0.25) is 0 Å². The Hall–Kier alpha value is -1.86. The van der Waals surface area contributed by atoms with Gasteiger partial charge in [-0.3, -0.25) is 0 Å². The van der Waals surface area contributed by atoms with E-state index < -0.39 is 96.7 Å². The Morgan fingerprint density at radius 1 is 0.509 bits per heavy atom. The molecular weight excluding hydrogens is 720 g/mol. The van der Waals surface area contributed by atoms with E-state index in [-0.39, 0.29) is 12.1 Å². The Kier molecular flexibility index (Phi) is 10.9. The number of nitrogens with one attached hydrogen (secondary N) is 2. The second-order valence-corrected chi connectivity index (χ2v) is 18.6. The van der Waals surface area contributed by atoms with Gasteiger partial charge in [0.2, 0.25) is 0 Å². The van der Waals surface area contributed by atoms with Crippen LogP contribution in [-0.2, 0) is 56.8 Å². The maximum Gasteiger partial charge on any atom is 0.407 e. The van der Waals surface area contributed by atoms with E-state index in [0.717, 1.165) is 57.8 Å². The van der Waals surface area contributed by atoms with E-state index in [0.29, 0.717) is 25.0 Å². The molecule has 8 rings (SSSR count). The number of amides is 2. The van der Waals surface area contributed by atoms with Gasteiger partial charge < -0.3 is 67.5 Å². The lowest BCUT2D eigenvalue weighted by atomic mass is 9.76. The van der Waals surface area contributed by atoms with E-state index in [1.54, 1.807) is 0 Å². The lowest BCUT2D eigenvalue weighted by molar-refractivity contribution is -0.232. The van der Waals surface area contributed by atoms with Gasteiger partial charge in [-0.1, -0.05) is 0 Å². The van der Waals surface area contributed by atoms with Crippen molar-refractivity contribution >= 4 is 12.2 Å². The lowest BCUT2D eigenvalue weighted by Crippen LogP contribution is -2.48. The van der Waals surface area contributed by atoms with Crippen molar-refractivity contribution in [1.29, 1.82) is 0 Å². The highest BCUT2D eigenvalue weighted by Gasteiger charge is 2.61. The summed E-state index contributed by atoms with van der Waals surface area (Å²) in [5.74, 6) is -1.98. The summed E-state index contributed by atoms with van der Waals surface area (Å²) in [5, 5.41) is 6.23. The molecule has 6 saturated heterocycles. The Labute approximate surface area is 323 Å². The number of carbonyl (C=O) groups is 2. The van der Waals surface area contributed by atoms with E-state index in [4.69, 9.17) is 56.8 Å². The van der Waals surface area contributed by atoms with Crippen LogP contribution < -0.4 is 10.6 Å². The highest BCUT2D eigenvalue weighted by atomic mass is 16.9. The zero-order chi connectivity index (χ0) is 38.9. The van der Waals surface area contributed by atoms with Crippen LogP contribution in [0.4, 0.5) is 9.59 Å². The van der Waals surface area contributed by atoms with Crippen molar-refractivity contribution in [2.75, 3.05) is 13.2 Å². The molecule has 2 aliphatic carbocycles. The first-order valence-electron chi connectivity index (χ1n) is 20.5. The van der Waals surface area contributed by atoms with Crippen molar-refractivity contribution in [3.63, 3.8) is 0 Å². The summed E-state index contributed by atoms with van der Waals surface area (Å²) in [5.41, 5.74) is 0. The molecule has 6 unspecified atom stereocenters. The molecule has 0 bridgehead atoms. The molecule has 10 atom stereocenters. The van der Waals surface area contributed by atoms with Crippen LogP contribution in [0.5, 0.6) is 0 Å². The molecule has 6 aliphatic heterocycles. The second kappa shape index (κ2) is 15.1. The number of fused-ring (bicyclic) bond motifs is 2. The molecule has 0 aromatic heterocycles. The minimum atomic E-state index is -0.846. The lowest BCUT2D eigenvalue weighted by Gasteiger charge is -2.35. The van der Waals surface area contributed by atoms with E-state index in [1.165, 1.54) is 0 Å². The molecule has 8 fully saturated rings. The fourth-order valence-corrected chi connectivity index (χ4v) is 9.83. The van der Waals surface area contributed by atoms with Crippen LogP contribution in [-0.4, -0.2) is 122 Å². The van der Waals surface area contributed by atoms with Gasteiger partial charge in [0.25, 0.3) is 0 Å². The fourth-order valence-electron chi connectivity index (χ4n) is 9.83. The average Bonchev–Trinajstić information content (AvgIpc) is 3.92. The van der Waals surface area contributed by atoms with Crippen LogP contribution in [0.15, 0.2) is 0 Å². The van der Waals surface area contributed by atoms with Gasteiger partial charge in [0.15, 0.2) is 60.1 Å². The molecule has 6 heterocycles. The van der Waals surface area contributed by atoms with E-state index in [1.807, 2.05) is 55.4 Å². The Morgan fingerprint density at radius 3 is 1.24 bits per heavy atom. The van der Waals surface area contributed by atoms with Crippen LogP contribution >= 0.6 is 0 Å². The normalized spacial score (nSPS) is 45.2. The second-order valence-electron chi connectivity index (χ2n) is 18.6. The largest absolute Gasteiger partial charge is 0.440 e. The Morgan fingerprint density at radius 2 is 0.891 bits per heavy atom. The van der Waals surface area contributed by atoms with Crippen molar-refractivity contribution in [1.82, 2.24) is 10.6 Å². The van der Waals surface area contributed by atoms with Crippen LogP contribution in [0.3, 0.4) is 0 Å². The number of hydrogen-bond acceptors (Lipinski definition) is 14. The highest BCUT2D eigenvalue weighted by molar-refractivity contribution is 5.68. The first-order chi connectivity index (χ1) is 25.9. The monoisotopic (exact) mass is 782 g/mol. The molecule has 0 radical (unpaired) electrons. The van der Waals surface area contributed by atoms with Gasteiger partial charge in [-0.25, -0.2) is 9.59 Å². The summed E-state index contributed by atoms with van der Waals surface area (Å²) in [6.45, 7) is 15.3. The van der Waals surface area contributed by atoms with Gasteiger partial charge in [0, 0.05) is 12.1 Å². The first kappa shape index (κ1) is 39.9. The van der Waals surface area contributed by atoms with Crippen molar-refractivity contribution in [2.45, 2.75) is 210 Å². The SMILES string of the molecule is CC1(C)OCC([C@H]2O[C@@H]3OC(C)(C)OC3C2OC(=O)NC2CCC(CC3CCC(NC(=O)OC4C5OC(C)(C)O[C@H]5O[C@@H]4C4COC(C)(C)O4)CC3)CC2)O1. The van der Waals surface area contributed by atoms with E-state index in [9.17, 15) is 9.59 Å². The Bertz CT molecular complexity index is 1290. The molecule has 0 spiro atoms. The predicted molar refractivity (Wildman–Crippen MR) is 190 cm³/mol. The molecule has 2 amide bonds. The van der Waals surface area contributed by atoms with Crippen LogP contribution in [0.25, 0.3) is 0 Å². The van der Waals surface area contributed by atoms with Crippen molar-refractivity contribution < 1.29 is 66.4 Å². The number of carbonyl (C=O) groups excluding carboxylic acids is 2. The summed E-state index contributed by atoms with van der Waals surface area (Å²) in [6, 6.07) is 0.0835. The van der Waals surface area contributed by atoms with Gasteiger partial charge in [0.05, 0.1) is 13.2 Å². The predicted octanol–water partition coefficient (Wildman–Crippen LogP) is 4.74. The zero-order valence-corrected chi connectivity index (χ0v) is 33.6. The summed E-state index contributed by atoms with van der Waals surface area (Å²) >= 11 is 0. The third kappa shape index (κ3) is 9.08. The number of rotatable bonds is 8. The summed E-state index contributed by atoms with van der Waals surface area (Å²) in [6.07, 6.45) is 2.18. The molecule has 55 heavy (non-hydrogen) atoms. The maximum absolute atomic E-state index is 13.3. The highest BCUT2D eigenvalue weighted by Crippen LogP contribution is 2.44. The molecule has 2 N–H and O–H groups in total. The molecule has 0 aromatic carbocycles. The smallest absolute Gasteiger partial charge is 0.407 e. The van der Waals surface area contributed by atoms with Gasteiger partial charge in [-0.05, 0) is 125 Å². The minimum Gasteiger partial charge on any atom is -0.440 e. The zero-order valence-electron chi connectivity index (χ0n) is 33.6. The van der Waals surface area contributed by atoms with Crippen molar-refractivity contribution in [3.8, 4) is 0 Å². The molecule has 16 heteroatoms. The minimum absolute atomic E-state index is 0.0418. The third-order valence-corrected chi connectivity index (χ3v) is 12.3. The third-order valence-electron chi connectivity index (χ3n) is 12.3. The van der Waals surface area contributed by atoms with Gasteiger partial charge in [-0.2, -0.15) is 0 Å². The first-order valence-corrected chi connectivity index (χ1v) is 20.5. The van der Waals surface area contributed by atoms with Crippen LogP contribution in [0, 0.1) is 11.8 Å². The molecule has 0 aromatic rings. The molecular formula is C39H62N2O14. The standard InChI is InChI=1S/C39H62N2O14/c1-36(2)44-18-24(50-36)26-28(30-32(46-26)54-38(5,6)52-30)48-34(42)40-22-13-9-20(10-14-22)17-21-11-15-23(16-12-21)41-35(43)49-29-27(25-19-45-37(3,4)51-25)47-33-31(29)53-39(7,8)55-33/h20-33H,9-19H2,1-8H3,(H,40,42)(H,41,43)/t20?,21?,22?,23?,24?,25?,26-,27-,28?,29?,30?,31?,32-,33-/m1/s1. The topological polar surface area (TPSA) is 169 Å². The van der Waals surface area contributed by atoms with Crippen LogP contribution in [0.1, 0.15) is 113 Å². The molecule has 2 saturated carbocycles. The number of ether oxygens (including phenoxy) is 12. The fraction of sp³-hybridized carbons (Fsp3) is 0.949. The molecule has 8 aliphatic rings. The number of alkyl carbamates (subject to hydrolysis) is 2. The quantitative estimate of drug-likeness (QED) is 0.346. The van der Waals surface area contributed by atoms with Crippen molar-refractivity contribution in [2.24, 2.45) is 11.8 Å². The average molecular weight is 783 g/mol. The number of hydrogen-bond donors (Lipinski definition) is 2. The molecule has 16 nitrogen and oxygen atoms in total. The summed E-state index contributed by atoms with van der Waals surface area (Å²) < 4.78 is 72.2.